The Morgan fingerprint density at radius 2 is 2.05 bits per heavy atom. The molecule has 19 heavy (non-hydrogen) atoms. The molecule has 1 unspecified atom stereocenters. The summed E-state index contributed by atoms with van der Waals surface area (Å²) in [6, 6.07) is 0. The lowest BCUT2D eigenvalue weighted by Gasteiger charge is -2.29. The standard InChI is InChI=1S/C11H17N3O4S/c1-11(2,3)7(6-19)4-13-5-8(14(17)18)9(15)12-10(13)16/h5,7,19H,4,6H2,1-3H3,(H,12,15,16). The maximum absolute atomic E-state index is 11.7. The minimum Gasteiger partial charge on any atom is -0.293 e. The third-order valence-corrected chi connectivity index (χ3v) is 3.49. The molecule has 1 rings (SSSR count). The van der Waals surface area contributed by atoms with Gasteiger partial charge in [-0.2, -0.15) is 12.6 Å². The minimum absolute atomic E-state index is 0.0408. The second-order valence-corrected chi connectivity index (χ2v) is 5.79. The molecule has 0 aromatic carbocycles. The van der Waals surface area contributed by atoms with Gasteiger partial charge >= 0.3 is 16.9 Å². The third kappa shape index (κ3) is 3.69. The quantitative estimate of drug-likeness (QED) is 0.491. The maximum atomic E-state index is 11.7. The van der Waals surface area contributed by atoms with Crippen molar-refractivity contribution in [1.29, 1.82) is 0 Å². The van der Waals surface area contributed by atoms with Gasteiger partial charge in [0.05, 0.1) is 11.1 Å². The van der Waals surface area contributed by atoms with Crippen LogP contribution in [0.3, 0.4) is 0 Å². The Hall–Kier alpha value is -1.57. The van der Waals surface area contributed by atoms with Gasteiger partial charge in [0.25, 0.3) is 0 Å². The van der Waals surface area contributed by atoms with E-state index in [1.165, 1.54) is 0 Å². The van der Waals surface area contributed by atoms with Crippen LogP contribution in [0.25, 0.3) is 0 Å². The van der Waals surface area contributed by atoms with E-state index >= 15 is 0 Å². The van der Waals surface area contributed by atoms with E-state index in [2.05, 4.69) is 12.6 Å². The van der Waals surface area contributed by atoms with Crippen LogP contribution >= 0.6 is 12.6 Å². The molecule has 0 aliphatic heterocycles. The molecule has 1 aromatic rings. The average molecular weight is 287 g/mol. The van der Waals surface area contributed by atoms with Crippen LogP contribution in [-0.4, -0.2) is 20.2 Å². The van der Waals surface area contributed by atoms with Gasteiger partial charge in [-0.1, -0.05) is 20.8 Å². The first kappa shape index (κ1) is 15.5. The molecule has 0 fully saturated rings. The number of nitrogens with one attached hydrogen (secondary N) is 1. The first-order valence-electron chi connectivity index (χ1n) is 5.76. The molecule has 1 atom stereocenters. The summed E-state index contributed by atoms with van der Waals surface area (Å²) in [4.78, 5) is 34.8. The summed E-state index contributed by atoms with van der Waals surface area (Å²) in [7, 11) is 0. The summed E-state index contributed by atoms with van der Waals surface area (Å²) in [5.41, 5.74) is -2.37. The van der Waals surface area contributed by atoms with Crippen molar-refractivity contribution in [2.24, 2.45) is 11.3 Å². The molecular weight excluding hydrogens is 270 g/mol. The van der Waals surface area contributed by atoms with E-state index in [0.29, 0.717) is 5.75 Å². The van der Waals surface area contributed by atoms with E-state index in [9.17, 15) is 19.7 Å². The summed E-state index contributed by atoms with van der Waals surface area (Å²) in [5, 5.41) is 10.7. The van der Waals surface area contributed by atoms with Gasteiger partial charge in [0, 0.05) is 6.54 Å². The molecule has 0 amide bonds. The molecule has 0 bridgehead atoms. The van der Waals surface area contributed by atoms with E-state index in [1.54, 1.807) is 0 Å². The van der Waals surface area contributed by atoms with E-state index in [4.69, 9.17) is 0 Å². The molecule has 0 spiro atoms. The molecule has 0 aliphatic carbocycles. The Bertz CT molecular complexity index is 585. The molecule has 0 aliphatic rings. The number of aromatic amines is 1. The van der Waals surface area contributed by atoms with Crippen molar-refractivity contribution in [1.82, 2.24) is 9.55 Å². The summed E-state index contributed by atoms with van der Waals surface area (Å²) >= 11 is 4.24. The summed E-state index contributed by atoms with van der Waals surface area (Å²) < 4.78 is 1.16. The highest BCUT2D eigenvalue weighted by molar-refractivity contribution is 7.80. The number of nitro groups is 1. The lowest BCUT2D eigenvalue weighted by molar-refractivity contribution is -0.386. The summed E-state index contributed by atoms with van der Waals surface area (Å²) in [6.45, 7) is 6.26. The lowest BCUT2D eigenvalue weighted by Crippen LogP contribution is -2.36. The van der Waals surface area contributed by atoms with Crippen LogP contribution in [0.2, 0.25) is 0 Å². The van der Waals surface area contributed by atoms with Crippen LogP contribution in [0, 0.1) is 21.4 Å². The van der Waals surface area contributed by atoms with Gasteiger partial charge < -0.3 is 0 Å². The van der Waals surface area contributed by atoms with Crippen molar-refractivity contribution in [3.05, 3.63) is 37.1 Å². The number of hydrogen-bond acceptors (Lipinski definition) is 5. The highest BCUT2D eigenvalue weighted by atomic mass is 32.1. The number of aromatic nitrogens is 2. The van der Waals surface area contributed by atoms with E-state index in [1.807, 2.05) is 25.8 Å². The predicted molar refractivity (Wildman–Crippen MR) is 74.8 cm³/mol. The fourth-order valence-corrected chi connectivity index (χ4v) is 2.27. The van der Waals surface area contributed by atoms with Crippen LogP contribution in [0.5, 0.6) is 0 Å². The Kier molecular flexibility index (Phi) is 4.56. The first-order valence-corrected chi connectivity index (χ1v) is 6.39. The van der Waals surface area contributed by atoms with Crippen LogP contribution in [-0.2, 0) is 6.54 Å². The molecule has 1 N–H and O–H groups in total. The van der Waals surface area contributed by atoms with Crippen molar-refractivity contribution < 1.29 is 4.92 Å². The van der Waals surface area contributed by atoms with Gasteiger partial charge in [-0.05, 0) is 17.1 Å². The topological polar surface area (TPSA) is 98.0 Å². The zero-order chi connectivity index (χ0) is 14.8. The van der Waals surface area contributed by atoms with Gasteiger partial charge in [-0.3, -0.25) is 24.5 Å². The van der Waals surface area contributed by atoms with Crippen molar-refractivity contribution in [3.63, 3.8) is 0 Å². The van der Waals surface area contributed by atoms with Crippen LogP contribution < -0.4 is 11.2 Å². The fraction of sp³-hybridized carbons (Fsp3) is 0.636. The fourth-order valence-electron chi connectivity index (χ4n) is 1.61. The van der Waals surface area contributed by atoms with Crippen LogP contribution in [0.1, 0.15) is 20.8 Å². The molecule has 1 aromatic heterocycles. The molecule has 8 heteroatoms. The van der Waals surface area contributed by atoms with Gasteiger partial charge in [-0.25, -0.2) is 4.79 Å². The highest BCUT2D eigenvalue weighted by Crippen LogP contribution is 2.27. The first-order chi connectivity index (χ1) is 8.66. The van der Waals surface area contributed by atoms with Gasteiger partial charge in [0.15, 0.2) is 0 Å². The smallest absolute Gasteiger partial charge is 0.293 e. The van der Waals surface area contributed by atoms with Crippen molar-refractivity contribution in [3.8, 4) is 0 Å². The predicted octanol–water partition coefficient (Wildman–Crippen LogP) is 1.04. The van der Waals surface area contributed by atoms with Crippen molar-refractivity contribution in [2.45, 2.75) is 27.3 Å². The molecule has 106 valence electrons. The van der Waals surface area contributed by atoms with Crippen molar-refractivity contribution >= 4 is 18.3 Å². The molecule has 0 saturated heterocycles. The Labute approximate surface area is 115 Å². The lowest BCUT2D eigenvalue weighted by atomic mass is 9.82. The van der Waals surface area contributed by atoms with Crippen molar-refractivity contribution in [2.75, 3.05) is 5.75 Å². The van der Waals surface area contributed by atoms with Gasteiger partial charge in [-0.15, -0.1) is 0 Å². The highest BCUT2D eigenvalue weighted by Gasteiger charge is 2.25. The second kappa shape index (κ2) is 5.60. The number of H-pyrrole nitrogens is 1. The maximum Gasteiger partial charge on any atom is 0.350 e. The Morgan fingerprint density at radius 1 is 1.47 bits per heavy atom. The second-order valence-electron chi connectivity index (χ2n) is 5.43. The molecular formula is C11H17N3O4S. The normalized spacial score (nSPS) is 13.3. The minimum atomic E-state index is -0.982. The average Bonchev–Trinajstić information content (AvgIpc) is 2.25. The number of rotatable bonds is 4. The zero-order valence-corrected chi connectivity index (χ0v) is 11.9. The number of hydrogen-bond donors (Lipinski definition) is 2. The van der Waals surface area contributed by atoms with Crippen LogP contribution in [0.4, 0.5) is 5.69 Å². The Balaban J connectivity index is 3.22. The largest absolute Gasteiger partial charge is 0.350 e. The zero-order valence-electron chi connectivity index (χ0n) is 11.0. The Morgan fingerprint density at radius 3 is 2.47 bits per heavy atom. The van der Waals surface area contributed by atoms with E-state index < -0.39 is 21.9 Å². The molecule has 0 radical (unpaired) electrons. The third-order valence-electron chi connectivity index (χ3n) is 3.05. The van der Waals surface area contributed by atoms with E-state index in [-0.39, 0.29) is 17.9 Å². The summed E-state index contributed by atoms with van der Waals surface area (Å²) in [5.74, 6) is 0.571. The van der Waals surface area contributed by atoms with E-state index in [0.717, 1.165) is 10.8 Å². The monoisotopic (exact) mass is 287 g/mol. The van der Waals surface area contributed by atoms with Crippen LogP contribution in [0.15, 0.2) is 15.8 Å². The number of thiol groups is 1. The molecule has 7 nitrogen and oxygen atoms in total. The number of nitrogens with zero attached hydrogens (tertiary/aromatic N) is 2. The molecule has 0 saturated carbocycles. The molecule has 1 heterocycles. The SMILES string of the molecule is CC(C)(C)C(CS)Cn1cc([N+](=O)[O-])c(=O)[nH]c1=O. The summed E-state index contributed by atoms with van der Waals surface area (Å²) in [6.07, 6.45) is 0.989. The van der Waals surface area contributed by atoms with Gasteiger partial charge in [0.1, 0.15) is 0 Å². The van der Waals surface area contributed by atoms with Gasteiger partial charge in [0.2, 0.25) is 0 Å².